The molecule has 0 aliphatic carbocycles. The first-order chi connectivity index (χ1) is 13.6. The second-order valence-corrected chi connectivity index (χ2v) is 7.02. The quantitative estimate of drug-likeness (QED) is 0.495. The predicted octanol–water partition coefficient (Wildman–Crippen LogP) is 4.40. The van der Waals surface area contributed by atoms with E-state index in [-0.39, 0.29) is 5.69 Å². The minimum absolute atomic E-state index is 0.0569. The summed E-state index contributed by atoms with van der Waals surface area (Å²) >= 11 is 0. The maximum Gasteiger partial charge on any atom is 0.269 e. The Balaban J connectivity index is 1.76. The summed E-state index contributed by atoms with van der Waals surface area (Å²) in [7, 11) is 2.06. The van der Waals surface area contributed by atoms with Crippen molar-refractivity contribution in [3.8, 4) is 0 Å². The van der Waals surface area contributed by atoms with E-state index in [0.717, 1.165) is 33.8 Å². The van der Waals surface area contributed by atoms with Gasteiger partial charge in [-0.25, -0.2) is 0 Å². The zero-order valence-corrected chi connectivity index (χ0v) is 15.2. The molecule has 0 atom stereocenters. The third kappa shape index (κ3) is 2.11. The fourth-order valence-electron chi connectivity index (χ4n) is 4.32. The molecule has 2 aliphatic heterocycles. The van der Waals surface area contributed by atoms with Crippen LogP contribution in [0.4, 0.5) is 17.1 Å². The Hall–Kier alpha value is -3.67. The van der Waals surface area contributed by atoms with Crippen molar-refractivity contribution >= 4 is 22.8 Å². The van der Waals surface area contributed by atoms with E-state index in [4.69, 9.17) is 4.84 Å². The molecule has 6 heteroatoms. The van der Waals surface area contributed by atoms with E-state index >= 15 is 0 Å². The minimum atomic E-state index is -0.560. The normalized spacial score (nSPS) is 16.2. The predicted molar refractivity (Wildman–Crippen MR) is 107 cm³/mol. The van der Waals surface area contributed by atoms with E-state index in [1.54, 1.807) is 12.1 Å². The topological polar surface area (TPSA) is 68.0 Å². The average molecular weight is 371 g/mol. The first kappa shape index (κ1) is 16.5. The van der Waals surface area contributed by atoms with Crippen LogP contribution in [0.15, 0.2) is 78.0 Å². The minimum Gasteiger partial charge on any atom is -0.394 e. The highest BCUT2D eigenvalue weighted by molar-refractivity contribution is 6.13. The number of hydrogen-bond acceptors (Lipinski definition) is 5. The van der Waals surface area contributed by atoms with E-state index in [1.165, 1.54) is 12.1 Å². The summed E-state index contributed by atoms with van der Waals surface area (Å²) < 4.78 is 0. The Morgan fingerprint density at radius 3 is 2.11 bits per heavy atom. The van der Waals surface area contributed by atoms with E-state index < -0.39 is 10.3 Å². The van der Waals surface area contributed by atoms with Crippen LogP contribution in [0, 0.1) is 10.1 Å². The molecule has 1 spiro atoms. The van der Waals surface area contributed by atoms with Crippen LogP contribution in [-0.4, -0.2) is 24.3 Å². The number of oxime groups is 1. The number of rotatable bonds is 2. The van der Waals surface area contributed by atoms with Crippen LogP contribution in [-0.2, 0) is 10.3 Å². The number of anilines is 2. The molecule has 5 rings (SSSR count). The van der Waals surface area contributed by atoms with Crippen molar-refractivity contribution in [3.63, 3.8) is 0 Å². The first-order valence-corrected chi connectivity index (χ1v) is 9.01. The van der Waals surface area contributed by atoms with Crippen LogP contribution in [0.2, 0.25) is 0 Å². The van der Waals surface area contributed by atoms with Gasteiger partial charge in [0.05, 0.1) is 4.92 Å². The molecule has 2 aliphatic rings. The lowest BCUT2D eigenvalue weighted by Gasteiger charge is -2.41. The van der Waals surface area contributed by atoms with Crippen molar-refractivity contribution in [1.29, 1.82) is 0 Å². The molecule has 6 nitrogen and oxygen atoms in total. The molecule has 0 N–H and O–H groups in total. The summed E-state index contributed by atoms with van der Waals surface area (Å²) in [4.78, 5) is 18.5. The number of nitrogens with zero attached hydrogens (tertiary/aromatic N) is 3. The molecular formula is C22H17N3O3. The van der Waals surface area contributed by atoms with E-state index in [9.17, 15) is 10.1 Å². The lowest BCUT2D eigenvalue weighted by atomic mass is 9.67. The highest BCUT2D eigenvalue weighted by Crippen LogP contribution is 2.51. The molecule has 2 heterocycles. The number of non-ortho nitro benzene ring substituents is 1. The van der Waals surface area contributed by atoms with Gasteiger partial charge in [0.25, 0.3) is 5.69 Å². The molecule has 3 aromatic carbocycles. The Kier molecular flexibility index (Phi) is 3.49. The number of hydrogen-bond donors (Lipinski definition) is 0. The van der Waals surface area contributed by atoms with Crippen LogP contribution < -0.4 is 4.90 Å². The van der Waals surface area contributed by atoms with E-state index in [1.807, 2.05) is 24.3 Å². The molecule has 28 heavy (non-hydrogen) atoms. The van der Waals surface area contributed by atoms with Crippen LogP contribution in [0.5, 0.6) is 0 Å². The summed E-state index contributed by atoms with van der Waals surface area (Å²) in [6, 6.07) is 23.0. The van der Waals surface area contributed by atoms with Gasteiger partial charge < -0.3 is 9.74 Å². The second kappa shape index (κ2) is 5.92. The van der Waals surface area contributed by atoms with Gasteiger partial charge in [-0.1, -0.05) is 41.6 Å². The van der Waals surface area contributed by atoms with Gasteiger partial charge in [-0.05, 0) is 35.4 Å². The molecule has 0 saturated heterocycles. The molecule has 0 radical (unpaired) electrons. The van der Waals surface area contributed by atoms with Gasteiger partial charge in [0.1, 0.15) is 17.7 Å². The second-order valence-electron chi connectivity index (χ2n) is 7.02. The SMILES string of the molecule is CN1c2ccccc2C2(CON=C2c2ccc([N+](=O)[O-])cc2)c2ccccc21. The molecule has 3 aromatic rings. The number of nitro benzene ring substituents is 1. The van der Waals surface area contributed by atoms with Gasteiger partial charge in [-0.2, -0.15) is 0 Å². The van der Waals surface area contributed by atoms with Crippen molar-refractivity contribution in [2.24, 2.45) is 5.16 Å². The Morgan fingerprint density at radius 1 is 0.964 bits per heavy atom. The lowest BCUT2D eigenvalue weighted by Crippen LogP contribution is -2.43. The fourth-order valence-corrected chi connectivity index (χ4v) is 4.32. The number of fused-ring (bicyclic) bond motifs is 4. The Labute approximate surface area is 161 Å². The van der Waals surface area contributed by atoms with Gasteiger partial charge in [-0.3, -0.25) is 10.1 Å². The van der Waals surface area contributed by atoms with Gasteiger partial charge >= 0.3 is 0 Å². The van der Waals surface area contributed by atoms with Crippen molar-refractivity contribution in [1.82, 2.24) is 0 Å². The van der Waals surface area contributed by atoms with Gasteiger partial charge in [0.15, 0.2) is 0 Å². The van der Waals surface area contributed by atoms with Crippen LogP contribution >= 0.6 is 0 Å². The van der Waals surface area contributed by atoms with E-state index in [2.05, 4.69) is 41.4 Å². The lowest BCUT2D eigenvalue weighted by molar-refractivity contribution is -0.384. The molecule has 0 amide bonds. The van der Waals surface area contributed by atoms with Crippen LogP contribution in [0.25, 0.3) is 0 Å². The highest BCUT2D eigenvalue weighted by atomic mass is 16.6. The van der Waals surface area contributed by atoms with Crippen LogP contribution in [0.3, 0.4) is 0 Å². The molecule has 0 saturated carbocycles. The molecule has 0 bridgehead atoms. The van der Waals surface area contributed by atoms with E-state index in [0.29, 0.717) is 6.61 Å². The number of benzene rings is 3. The van der Waals surface area contributed by atoms with Gasteiger partial charge in [0, 0.05) is 36.1 Å². The van der Waals surface area contributed by atoms with Crippen molar-refractivity contribution < 1.29 is 9.76 Å². The maximum atomic E-state index is 11.0. The largest absolute Gasteiger partial charge is 0.394 e. The van der Waals surface area contributed by atoms with Crippen molar-refractivity contribution in [3.05, 3.63) is 99.6 Å². The molecule has 0 unspecified atom stereocenters. The zero-order valence-electron chi connectivity index (χ0n) is 15.2. The van der Waals surface area contributed by atoms with Crippen molar-refractivity contribution in [2.75, 3.05) is 18.6 Å². The maximum absolute atomic E-state index is 11.0. The third-order valence-electron chi connectivity index (χ3n) is 5.64. The fraction of sp³-hybridized carbons (Fsp3) is 0.136. The molecular weight excluding hydrogens is 354 g/mol. The summed E-state index contributed by atoms with van der Waals surface area (Å²) in [5.74, 6) is 0. The average Bonchev–Trinajstić information content (AvgIpc) is 3.18. The summed E-state index contributed by atoms with van der Waals surface area (Å²) in [5.41, 5.74) is 5.52. The number of para-hydroxylation sites is 2. The summed E-state index contributed by atoms with van der Waals surface area (Å²) in [6.07, 6.45) is 0. The summed E-state index contributed by atoms with van der Waals surface area (Å²) in [5, 5.41) is 15.4. The van der Waals surface area contributed by atoms with Crippen molar-refractivity contribution in [2.45, 2.75) is 5.41 Å². The Bertz CT molecular complexity index is 1070. The van der Waals surface area contributed by atoms with Gasteiger partial charge in [-0.15, -0.1) is 0 Å². The zero-order chi connectivity index (χ0) is 19.3. The monoisotopic (exact) mass is 371 g/mol. The van der Waals surface area contributed by atoms with Crippen LogP contribution in [0.1, 0.15) is 16.7 Å². The summed E-state index contributed by atoms with van der Waals surface area (Å²) in [6.45, 7) is 0.390. The molecule has 0 aromatic heterocycles. The smallest absolute Gasteiger partial charge is 0.269 e. The standard InChI is InChI=1S/C22H17N3O3/c1-24-19-8-4-2-6-17(19)22(18-7-3-5-9-20(18)24)14-28-23-21(22)15-10-12-16(13-11-15)25(26)27/h2-13H,14H2,1H3. The number of nitro groups is 1. The third-order valence-corrected chi connectivity index (χ3v) is 5.64. The highest BCUT2D eigenvalue weighted by Gasteiger charge is 2.50. The molecule has 0 fully saturated rings. The Morgan fingerprint density at radius 2 is 1.54 bits per heavy atom. The molecule has 138 valence electrons. The van der Waals surface area contributed by atoms with Gasteiger partial charge in [0.2, 0.25) is 0 Å². The first-order valence-electron chi connectivity index (χ1n) is 9.01.